The zero-order chi connectivity index (χ0) is 13.8. The number of hydrogen-bond acceptors (Lipinski definition) is 1. The van der Waals surface area contributed by atoms with E-state index in [1.165, 1.54) is 18.2 Å². The Bertz CT molecular complexity index is 629. The van der Waals surface area contributed by atoms with E-state index in [4.69, 9.17) is 5.11 Å². The zero-order valence-electron chi connectivity index (χ0n) is 10.2. The van der Waals surface area contributed by atoms with E-state index in [0.29, 0.717) is 11.1 Å². The Hall–Kier alpha value is -1.97. The average molecular weight is 262 g/mol. The number of fused-ring (bicyclic) bond motifs is 3. The van der Waals surface area contributed by atoms with E-state index < -0.39 is 23.7 Å². The van der Waals surface area contributed by atoms with E-state index in [-0.39, 0.29) is 11.1 Å². The third-order valence-corrected chi connectivity index (χ3v) is 3.89. The number of halogens is 2. The molecule has 2 nitrogen and oxygen atoms in total. The number of hydrogen-bond donors (Lipinski definition) is 1. The minimum Gasteiger partial charge on any atom is -0.478 e. The maximum atomic E-state index is 14.4. The van der Waals surface area contributed by atoms with Crippen LogP contribution in [0.3, 0.4) is 0 Å². The van der Waals surface area contributed by atoms with Gasteiger partial charge in [0.2, 0.25) is 0 Å². The lowest BCUT2D eigenvalue weighted by Gasteiger charge is -2.23. The van der Waals surface area contributed by atoms with Crippen LogP contribution in [-0.2, 0) is 10.7 Å². The molecule has 0 heterocycles. The quantitative estimate of drug-likeness (QED) is 0.842. The normalized spacial score (nSPS) is 26.6. The number of carbonyl (C=O) groups is 1. The van der Waals surface area contributed by atoms with Gasteiger partial charge in [-0.2, -0.15) is 0 Å². The van der Waals surface area contributed by atoms with Crippen molar-refractivity contribution in [3.05, 3.63) is 58.7 Å². The van der Waals surface area contributed by atoms with Gasteiger partial charge in [0.05, 0.1) is 11.5 Å². The molecule has 0 saturated carbocycles. The Morgan fingerprint density at radius 1 is 1.37 bits per heavy atom. The first-order chi connectivity index (χ1) is 8.93. The summed E-state index contributed by atoms with van der Waals surface area (Å²) in [6.45, 7) is 1.66. The van der Waals surface area contributed by atoms with Crippen LogP contribution in [0, 0.1) is 12.8 Å². The summed E-state index contributed by atoms with van der Waals surface area (Å²) < 4.78 is 28.9. The number of aryl methyl sites for hydroxylation is 1. The SMILES string of the molecule is Cc1cccc2c1C(F)(F)C1C=CC(C(=O)O)=CC21. The zero-order valence-corrected chi connectivity index (χ0v) is 10.2. The van der Waals surface area contributed by atoms with Crippen LogP contribution < -0.4 is 0 Å². The van der Waals surface area contributed by atoms with Crippen molar-refractivity contribution in [3.63, 3.8) is 0 Å². The van der Waals surface area contributed by atoms with Crippen LogP contribution in [0.4, 0.5) is 8.78 Å². The van der Waals surface area contributed by atoms with Crippen molar-refractivity contribution in [2.75, 3.05) is 0 Å². The van der Waals surface area contributed by atoms with Crippen molar-refractivity contribution >= 4 is 5.97 Å². The molecule has 1 aromatic rings. The molecule has 0 saturated heterocycles. The van der Waals surface area contributed by atoms with E-state index >= 15 is 0 Å². The Morgan fingerprint density at radius 3 is 2.79 bits per heavy atom. The van der Waals surface area contributed by atoms with Crippen molar-refractivity contribution in [1.82, 2.24) is 0 Å². The molecule has 0 spiro atoms. The van der Waals surface area contributed by atoms with Gasteiger partial charge < -0.3 is 5.11 Å². The molecule has 0 aliphatic heterocycles. The molecule has 0 radical (unpaired) electrons. The van der Waals surface area contributed by atoms with Gasteiger partial charge in [0, 0.05) is 11.5 Å². The molecular formula is C15H12F2O2. The summed E-state index contributed by atoms with van der Waals surface area (Å²) in [4.78, 5) is 11.0. The summed E-state index contributed by atoms with van der Waals surface area (Å²) in [5.41, 5.74) is 1.22. The van der Waals surface area contributed by atoms with Crippen molar-refractivity contribution in [2.45, 2.75) is 18.8 Å². The number of rotatable bonds is 1. The molecule has 4 heteroatoms. The van der Waals surface area contributed by atoms with Crippen LogP contribution in [0.5, 0.6) is 0 Å². The fourth-order valence-corrected chi connectivity index (χ4v) is 3.04. The molecule has 0 fully saturated rings. The van der Waals surface area contributed by atoms with Crippen LogP contribution in [0.2, 0.25) is 0 Å². The van der Waals surface area contributed by atoms with E-state index in [1.807, 2.05) is 0 Å². The molecule has 3 rings (SSSR count). The molecule has 0 amide bonds. The Balaban J connectivity index is 2.20. The molecule has 2 atom stereocenters. The molecular weight excluding hydrogens is 250 g/mol. The van der Waals surface area contributed by atoms with E-state index in [9.17, 15) is 13.6 Å². The predicted molar refractivity (Wildman–Crippen MR) is 66.2 cm³/mol. The minimum atomic E-state index is -2.94. The monoisotopic (exact) mass is 262 g/mol. The van der Waals surface area contributed by atoms with Crippen LogP contribution >= 0.6 is 0 Å². The van der Waals surface area contributed by atoms with Crippen LogP contribution in [0.1, 0.15) is 22.6 Å². The molecule has 19 heavy (non-hydrogen) atoms. The summed E-state index contributed by atoms with van der Waals surface area (Å²) in [6.07, 6.45) is 4.04. The predicted octanol–water partition coefficient (Wildman–Crippen LogP) is 3.38. The number of benzene rings is 1. The molecule has 1 N–H and O–H groups in total. The van der Waals surface area contributed by atoms with Crippen LogP contribution in [-0.4, -0.2) is 11.1 Å². The highest BCUT2D eigenvalue weighted by Gasteiger charge is 2.53. The molecule has 2 aliphatic carbocycles. The highest BCUT2D eigenvalue weighted by atomic mass is 19.3. The third-order valence-electron chi connectivity index (χ3n) is 3.89. The molecule has 0 aromatic heterocycles. The first-order valence-electron chi connectivity index (χ1n) is 6.04. The molecule has 98 valence electrons. The second kappa shape index (κ2) is 3.76. The van der Waals surface area contributed by atoms with Crippen molar-refractivity contribution < 1.29 is 18.7 Å². The second-order valence-electron chi connectivity index (χ2n) is 5.00. The van der Waals surface area contributed by atoms with Gasteiger partial charge in [-0.05, 0) is 18.1 Å². The highest BCUT2D eigenvalue weighted by molar-refractivity contribution is 5.90. The van der Waals surface area contributed by atoms with Gasteiger partial charge in [-0.15, -0.1) is 0 Å². The number of allylic oxidation sites excluding steroid dienone is 2. The van der Waals surface area contributed by atoms with Crippen LogP contribution in [0.15, 0.2) is 42.0 Å². The first-order valence-corrected chi connectivity index (χ1v) is 6.04. The molecule has 2 unspecified atom stereocenters. The summed E-state index contributed by atoms with van der Waals surface area (Å²) in [5.74, 6) is -5.56. The van der Waals surface area contributed by atoms with Gasteiger partial charge in [-0.3, -0.25) is 0 Å². The molecule has 1 aromatic carbocycles. The maximum absolute atomic E-state index is 14.4. The number of carboxylic acid groups (broad SMARTS) is 1. The number of aliphatic carboxylic acids is 1. The van der Waals surface area contributed by atoms with Crippen LogP contribution in [0.25, 0.3) is 0 Å². The Morgan fingerprint density at radius 2 is 2.11 bits per heavy atom. The smallest absolute Gasteiger partial charge is 0.335 e. The average Bonchev–Trinajstić information content (AvgIpc) is 2.59. The Labute approximate surface area is 109 Å². The summed E-state index contributed by atoms with van der Waals surface area (Å²) in [6, 6.07) is 5.06. The Kier molecular flexibility index (Phi) is 2.39. The van der Waals surface area contributed by atoms with Gasteiger partial charge >= 0.3 is 5.97 Å². The second-order valence-corrected chi connectivity index (χ2v) is 5.00. The molecule has 2 aliphatic rings. The lowest BCUT2D eigenvalue weighted by atomic mass is 9.85. The first kappa shape index (κ1) is 12.1. The van der Waals surface area contributed by atoms with Crippen molar-refractivity contribution in [1.29, 1.82) is 0 Å². The van der Waals surface area contributed by atoms with Crippen molar-refractivity contribution in [2.24, 2.45) is 5.92 Å². The van der Waals surface area contributed by atoms with Gasteiger partial charge in [0.25, 0.3) is 5.92 Å². The molecule has 0 bridgehead atoms. The van der Waals surface area contributed by atoms with E-state index in [2.05, 4.69) is 0 Å². The van der Waals surface area contributed by atoms with Gasteiger partial charge in [-0.1, -0.05) is 36.4 Å². The maximum Gasteiger partial charge on any atom is 0.335 e. The standard InChI is InChI=1S/C15H12F2O2/c1-8-3-2-4-10-11-7-9(14(18)19)5-6-12(11)15(16,17)13(8)10/h2-7,11-12H,1H3,(H,18,19). The van der Waals surface area contributed by atoms with Gasteiger partial charge in [0.15, 0.2) is 0 Å². The minimum absolute atomic E-state index is 0.0533. The summed E-state index contributed by atoms with van der Waals surface area (Å²) in [7, 11) is 0. The van der Waals surface area contributed by atoms with E-state index in [1.54, 1.807) is 25.1 Å². The fourth-order valence-electron chi connectivity index (χ4n) is 3.04. The fraction of sp³-hybridized carbons (Fsp3) is 0.267. The lowest BCUT2D eigenvalue weighted by Crippen LogP contribution is -2.23. The number of carboxylic acids is 1. The lowest BCUT2D eigenvalue weighted by molar-refractivity contribution is -0.132. The summed E-state index contributed by atoms with van der Waals surface area (Å²) in [5, 5.41) is 8.98. The largest absolute Gasteiger partial charge is 0.478 e. The van der Waals surface area contributed by atoms with Crippen molar-refractivity contribution in [3.8, 4) is 0 Å². The summed E-state index contributed by atoms with van der Waals surface area (Å²) >= 11 is 0. The topological polar surface area (TPSA) is 37.3 Å². The highest BCUT2D eigenvalue weighted by Crippen LogP contribution is 2.56. The van der Waals surface area contributed by atoms with Gasteiger partial charge in [-0.25, -0.2) is 13.6 Å². The third kappa shape index (κ3) is 1.56. The van der Waals surface area contributed by atoms with E-state index in [0.717, 1.165) is 0 Å². The van der Waals surface area contributed by atoms with Gasteiger partial charge in [0.1, 0.15) is 0 Å². The number of alkyl halides is 2.